The summed E-state index contributed by atoms with van der Waals surface area (Å²) in [5.74, 6) is 1.56. The maximum Gasteiger partial charge on any atom is 0.250 e. The lowest BCUT2D eigenvalue weighted by Crippen LogP contribution is -2.19. The van der Waals surface area contributed by atoms with Gasteiger partial charge in [0, 0.05) is 11.3 Å². The average molecular weight is 495 g/mol. The van der Waals surface area contributed by atoms with Crippen molar-refractivity contribution in [3.05, 3.63) is 77.9 Å². The van der Waals surface area contributed by atoms with E-state index in [4.69, 9.17) is 4.74 Å². The Morgan fingerprint density at radius 3 is 2.67 bits per heavy atom. The van der Waals surface area contributed by atoms with E-state index in [-0.39, 0.29) is 11.7 Å². The minimum atomic E-state index is -0.203. The Balaban J connectivity index is 1.25. The van der Waals surface area contributed by atoms with E-state index < -0.39 is 0 Å². The van der Waals surface area contributed by atoms with Crippen molar-refractivity contribution >= 4 is 57.8 Å². The summed E-state index contributed by atoms with van der Waals surface area (Å²) in [6.07, 6.45) is 1.58. The van der Waals surface area contributed by atoms with Gasteiger partial charge < -0.3 is 4.74 Å². The van der Waals surface area contributed by atoms with Gasteiger partial charge in [-0.25, -0.2) is 5.43 Å². The number of fused-ring (bicyclic) bond motifs is 1. The van der Waals surface area contributed by atoms with Crippen molar-refractivity contribution in [1.29, 1.82) is 0 Å². The molecule has 1 heterocycles. The molecule has 0 saturated heterocycles. The second kappa shape index (κ2) is 11.8. The van der Waals surface area contributed by atoms with Gasteiger partial charge in [-0.05, 0) is 35.4 Å². The molecular formula is C24H22N4O2S3. The first-order chi connectivity index (χ1) is 16.2. The first kappa shape index (κ1) is 23.3. The number of nitrogens with zero attached hydrogens (tertiary/aromatic N) is 3. The number of amides is 1. The van der Waals surface area contributed by atoms with Crippen LogP contribution in [-0.2, 0) is 10.5 Å². The Hall–Kier alpha value is -2.88. The smallest absolute Gasteiger partial charge is 0.250 e. The van der Waals surface area contributed by atoms with Gasteiger partial charge in [0.15, 0.2) is 8.68 Å². The SMILES string of the molecule is CCOc1ccccc1C=NNC(=O)CSc1nnc(SCc2cccc3ccccc23)s1. The van der Waals surface area contributed by atoms with E-state index >= 15 is 0 Å². The zero-order valence-electron chi connectivity index (χ0n) is 17.9. The van der Waals surface area contributed by atoms with Crippen molar-refractivity contribution in [2.45, 2.75) is 21.4 Å². The molecule has 4 rings (SSSR count). The van der Waals surface area contributed by atoms with Crippen LogP contribution in [0.5, 0.6) is 5.75 Å². The molecule has 1 amide bonds. The van der Waals surface area contributed by atoms with Crippen LogP contribution in [0.1, 0.15) is 18.1 Å². The van der Waals surface area contributed by atoms with Crippen LogP contribution in [0, 0.1) is 0 Å². The highest BCUT2D eigenvalue weighted by molar-refractivity contribution is 8.03. The summed E-state index contributed by atoms with van der Waals surface area (Å²) >= 11 is 4.50. The third-order valence-corrected chi connectivity index (χ3v) is 7.80. The molecule has 168 valence electrons. The first-order valence-corrected chi connectivity index (χ1v) is 13.1. The Morgan fingerprint density at radius 2 is 1.79 bits per heavy atom. The van der Waals surface area contributed by atoms with E-state index in [1.165, 1.54) is 39.4 Å². The molecule has 0 aliphatic heterocycles. The van der Waals surface area contributed by atoms with Crippen molar-refractivity contribution in [3.8, 4) is 5.75 Å². The number of ether oxygens (including phenoxy) is 1. The van der Waals surface area contributed by atoms with Gasteiger partial charge in [0.25, 0.3) is 5.91 Å². The van der Waals surface area contributed by atoms with E-state index in [1.54, 1.807) is 18.0 Å². The zero-order valence-corrected chi connectivity index (χ0v) is 20.4. The lowest BCUT2D eigenvalue weighted by molar-refractivity contribution is -0.118. The highest BCUT2D eigenvalue weighted by atomic mass is 32.2. The molecule has 33 heavy (non-hydrogen) atoms. The second-order valence-electron chi connectivity index (χ2n) is 6.81. The van der Waals surface area contributed by atoms with Gasteiger partial charge in [0.05, 0.1) is 18.6 Å². The summed E-state index contributed by atoms with van der Waals surface area (Å²) in [6.45, 7) is 2.49. The van der Waals surface area contributed by atoms with Gasteiger partial charge >= 0.3 is 0 Å². The van der Waals surface area contributed by atoms with E-state index in [2.05, 4.69) is 63.2 Å². The minimum Gasteiger partial charge on any atom is -0.493 e. The van der Waals surface area contributed by atoms with E-state index in [9.17, 15) is 4.79 Å². The van der Waals surface area contributed by atoms with Gasteiger partial charge in [-0.3, -0.25) is 4.79 Å². The van der Waals surface area contributed by atoms with Crippen molar-refractivity contribution < 1.29 is 9.53 Å². The lowest BCUT2D eigenvalue weighted by Gasteiger charge is -2.05. The summed E-state index contributed by atoms with van der Waals surface area (Å²) in [6, 6.07) is 22.3. The Bertz CT molecular complexity index is 1250. The molecule has 0 fully saturated rings. The highest BCUT2D eigenvalue weighted by Crippen LogP contribution is 2.32. The fourth-order valence-corrected chi connectivity index (χ4v) is 5.90. The molecule has 0 spiro atoms. The van der Waals surface area contributed by atoms with Crippen molar-refractivity contribution in [3.63, 3.8) is 0 Å². The molecule has 3 aromatic carbocycles. The van der Waals surface area contributed by atoms with E-state index in [0.29, 0.717) is 6.61 Å². The van der Waals surface area contributed by atoms with Gasteiger partial charge in [-0.15, -0.1) is 10.2 Å². The Kier molecular flexibility index (Phi) is 8.35. The third kappa shape index (κ3) is 6.56. The number of aromatic nitrogens is 2. The van der Waals surface area contributed by atoms with Crippen LogP contribution in [0.15, 0.2) is 80.5 Å². The summed E-state index contributed by atoms with van der Waals surface area (Å²) in [5.41, 5.74) is 4.63. The maximum atomic E-state index is 12.1. The predicted octanol–water partition coefficient (Wildman–Crippen LogP) is 5.62. The van der Waals surface area contributed by atoms with Crippen molar-refractivity contribution in [1.82, 2.24) is 15.6 Å². The molecule has 1 aromatic heterocycles. The predicted molar refractivity (Wildman–Crippen MR) is 137 cm³/mol. The first-order valence-electron chi connectivity index (χ1n) is 10.3. The molecular weight excluding hydrogens is 472 g/mol. The molecule has 1 N–H and O–H groups in total. The Labute approximate surface area is 204 Å². The topological polar surface area (TPSA) is 76.5 Å². The van der Waals surface area contributed by atoms with Crippen LogP contribution >= 0.6 is 34.9 Å². The van der Waals surface area contributed by atoms with Crippen LogP contribution in [0.2, 0.25) is 0 Å². The van der Waals surface area contributed by atoms with Gasteiger partial charge in [0.2, 0.25) is 0 Å². The summed E-state index contributed by atoms with van der Waals surface area (Å²) in [7, 11) is 0. The minimum absolute atomic E-state index is 0.203. The number of hydrazone groups is 1. The molecule has 0 atom stereocenters. The second-order valence-corrected chi connectivity index (χ2v) is 10.2. The van der Waals surface area contributed by atoms with Gasteiger partial charge in [-0.2, -0.15) is 5.10 Å². The lowest BCUT2D eigenvalue weighted by atomic mass is 10.1. The van der Waals surface area contributed by atoms with Crippen LogP contribution < -0.4 is 10.2 Å². The maximum absolute atomic E-state index is 12.1. The fraction of sp³-hybridized carbons (Fsp3) is 0.167. The number of hydrogen-bond donors (Lipinski definition) is 1. The number of carbonyl (C=O) groups excluding carboxylic acids is 1. The zero-order chi connectivity index (χ0) is 22.9. The number of rotatable bonds is 10. The monoisotopic (exact) mass is 494 g/mol. The largest absolute Gasteiger partial charge is 0.493 e. The van der Waals surface area contributed by atoms with E-state index in [1.807, 2.05) is 31.2 Å². The highest BCUT2D eigenvalue weighted by Gasteiger charge is 2.10. The molecule has 4 aromatic rings. The number of carbonyl (C=O) groups is 1. The molecule has 9 heteroatoms. The average Bonchev–Trinajstić information content (AvgIpc) is 3.30. The molecule has 0 aliphatic rings. The van der Waals surface area contributed by atoms with Crippen LogP contribution in [0.25, 0.3) is 10.8 Å². The molecule has 0 radical (unpaired) electrons. The molecule has 0 aliphatic carbocycles. The normalized spacial score (nSPS) is 11.2. The molecule has 0 bridgehead atoms. The summed E-state index contributed by atoms with van der Waals surface area (Å²) in [4.78, 5) is 12.1. The van der Waals surface area contributed by atoms with Crippen LogP contribution in [-0.4, -0.2) is 34.7 Å². The fourth-order valence-electron chi connectivity index (χ4n) is 3.08. The van der Waals surface area contributed by atoms with Crippen molar-refractivity contribution in [2.75, 3.05) is 12.4 Å². The number of para-hydroxylation sites is 1. The number of hydrogen-bond acceptors (Lipinski definition) is 8. The van der Waals surface area contributed by atoms with Crippen LogP contribution in [0.3, 0.4) is 0 Å². The number of benzene rings is 3. The van der Waals surface area contributed by atoms with Crippen molar-refractivity contribution in [2.24, 2.45) is 5.10 Å². The van der Waals surface area contributed by atoms with Crippen LogP contribution in [0.4, 0.5) is 0 Å². The van der Waals surface area contributed by atoms with Gasteiger partial charge in [-0.1, -0.05) is 89.5 Å². The Morgan fingerprint density at radius 1 is 1.03 bits per heavy atom. The number of nitrogens with one attached hydrogen (secondary N) is 1. The molecule has 0 saturated carbocycles. The standard InChI is InChI=1S/C24H22N4O2S3/c1-2-30-21-13-6-4-9-18(21)14-25-26-22(29)16-32-24-28-27-23(33-24)31-15-19-11-7-10-17-8-3-5-12-20(17)19/h3-14H,2,15-16H2,1H3,(H,26,29). The molecule has 0 unspecified atom stereocenters. The number of thioether (sulfide) groups is 2. The quantitative estimate of drug-likeness (QED) is 0.175. The van der Waals surface area contributed by atoms with E-state index in [0.717, 1.165) is 25.7 Å². The van der Waals surface area contributed by atoms with Gasteiger partial charge in [0.1, 0.15) is 5.75 Å². The molecule has 6 nitrogen and oxygen atoms in total. The summed E-state index contributed by atoms with van der Waals surface area (Å²) in [5, 5.41) is 15.0. The summed E-state index contributed by atoms with van der Waals surface area (Å²) < 4.78 is 7.19. The third-order valence-electron chi connectivity index (χ3n) is 4.56.